The Morgan fingerprint density at radius 2 is 0.802 bits per heavy atom. The zero-order valence-electron chi connectivity index (χ0n) is 50.5. The Kier molecular flexibility index (Phi) is 48.3. The van der Waals surface area contributed by atoms with Gasteiger partial charge in [-0.15, -0.1) is 0 Å². The van der Waals surface area contributed by atoms with Crippen molar-refractivity contribution in [2.45, 2.75) is 300 Å². The Balaban J connectivity index is 1.69. The summed E-state index contributed by atoms with van der Waals surface area (Å²) < 4.78 is 34.5. The molecule has 2 aliphatic rings. The van der Waals surface area contributed by atoms with E-state index in [1.54, 1.807) is 0 Å². The Morgan fingerprint density at radius 1 is 0.420 bits per heavy atom. The quantitative estimate of drug-likeness (QED) is 0.0172. The number of esters is 1. The summed E-state index contributed by atoms with van der Waals surface area (Å²) in [7, 11) is 0. The smallest absolute Gasteiger partial charge is 0.306 e. The molecule has 0 aliphatic carbocycles. The van der Waals surface area contributed by atoms with Crippen LogP contribution in [-0.4, -0.2) is 142 Å². The highest BCUT2D eigenvalue weighted by atomic mass is 16.7. The van der Waals surface area contributed by atoms with Crippen molar-refractivity contribution >= 4 is 5.97 Å². The third-order valence-electron chi connectivity index (χ3n) is 14.9. The summed E-state index contributed by atoms with van der Waals surface area (Å²) in [4.78, 5) is 13.1. The molecule has 0 saturated carbocycles. The third kappa shape index (κ3) is 38.7. The topological polar surface area (TPSA) is 214 Å². The van der Waals surface area contributed by atoms with E-state index in [-0.39, 0.29) is 25.6 Å². The van der Waals surface area contributed by atoms with E-state index in [1.807, 2.05) is 0 Å². The molecule has 2 aliphatic heterocycles. The number of carbonyl (C=O) groups is 1. The fourth-order valence-corrected chi connectivity index (χ4v) is 9.76. The first-order valence-electron chi connectivity index (χ1n) is 32.2. The number of aliphatic hydroxyl groups excluding tert-OH is 7. The lowest BCUT2D eigenvalue weighted by molar-refractivity contribution is -0.332. The lowest BCUT2D eigenvalue weighted by Gasteiger charge is -2.42. The van der Waals surface area contributed by atoms with Gasteiger partial charge in [0.2, 0.25) is 0 Å². The van der Waals surface area contributed by atoms with Gasteiger partial charge >= 0.3 is 5.97 Å². The summed E-state index contributed by atoms with van der Waals surface area (Å²) in [6, 6.07) is 0. The molecule has 2 fully saturated rings. The van der Waals surface area contributed by atoms with Crippen LogP contribution in [0.25, 0.3) is 0 Å². The minimum Gasteiger partial charge on any atom is -0.457 e. The molecule has 7 N–H and O–H groups in total. The number of hydrogen-bond donors (Lipinski definition) is 7. The molecular formula is C67H116O14. The summed E-state index contributed by atoms with van der Waals surface area (Å²) in [6.45, 7) is 3.56. The Bertz CT molecular complexity index is 1660. The average molecular weight is 1150 g/mol. The van der Waals surface area contributed by atoms with Gasteiger partial charge in [0.25, 0.3) is 0 Å². The molecule has 0 aromatic rings. The van der Waals surface area contributed by atoms with E-state index in [1.165, 1.54) is 116 Å². The van der Waals surface area contributed by atoms with Crippen molar-refractivity contribution in [2.24, 2.45) is 0 Å². The Hall–Kier alpha value is -2.83. The van der Waals surface area contributed by atoms with E-state index in [0.717, 1.165) is 89.9 Å². The van der Waals surface area contributed by atoms with Gasteiger partial charge in [-0.25, -0.2) is 0 Å². The van der Waals surface area contributed by atoms with Gasteiger partial charge in [0, 0.05) is 13.0 Å². The normalized spacial score (nSPS) is 24.3. The summed E-state index contributed by atoms with van der Waals surface area (Å²) in [6.07, 6.45) is 53.5. The number of allylic oxidation sites excluding steroid dienone is 14. The van der Waals surface area contributed by atoms with Gasteiger partial charge in [0.15, 0.2) is 12.6 Å². The minimum atomic E-state index is -1.71. The largest absolute Gasteiger partial charge is 0.457 e. The van der Waals surface area contributed by atoms with E-state index < -0.39 is 80.7 Å². The molecule has 11 unspecified atom stereocenters. The number of unbranched alkanes of at least 4 members (excludes halogenated alkanes) is 24. The molecule has 2 saturated heterocycles. The molecular weight excluding hydrogens is 1030 g/mol. The molecule has 14 nitrogen and oxygen atoms in total. The molecule has 2 rings (SSSR count). The van der Waals surface area contributed by atoms with Crippen LogP contribution in [-0.2, 0) is 33.2 Å². The number of aliphatic hydroxyl groups is 7. The molecule has 0 spiro atoms. The second-order valence-electron chi connectivity index (χ2n) is 22.2. The van der Waals surface area contributed by atoms with Crippen LogP contribution in [0.3, 0.4) is 0 Å². The van der Waals surface area contributed by atoms with Crippen LogP contribution in [0.5, 0.6) is 0 Å². The van der Waals surface area contributed by atoms with Gasteiger partial charge in [-0.05, 0) is 89.9 Å². The highest BCUT2D eigenvalue weighted by Crippen LogP contribution is 2.27. The van der Waals surface area contributed by atoms with Crippen LogP contribution >= 0.6 is 0 Å². The monoisotopic (exact) mass is 1140 g/mol. The Morgan fingerprint density at radius 3 is 1.27 bits per heavy atom. The van der Waals surface area contributed by atoms with Crippen molar-refractivity contribution in [2.75, 3.05) is 33.0 Å². The summed E-state index contributed by atoms with van der Waals surface area (Å²) >= 11 is 0. The lowest BCUT2D eigenvalue weighted by Crippen LogP contribution is -2.61. The maximum atomic E-state index is 13.1. The fourth-order valence-electron chi connectivity index (χ4n) is 9.76. The van der Waals surface area contributed by atoms with Gasteiger partial charge in [-0.2, -0.15) is 0 Å². The standard InChI is InChI=1S/C67H116O14/c1-3-5-7-9-11-13-15-17-19-21-23-25-26-27-28-29-31-33-35-37-39-41-43-45-47-49-51-76-53-56(54-77-66-65(75)63(73)61(71)58(81-66)55-78-67-64(74)62(72)60(70)57(52-68)80-67)79-59(69)50-48-46-44-42-40-38-36-34-32-30-24-22-20-18-16-14-12-10-8-6-4-2/h5,7,11,13,17,19,22-25,27-28,31,33,56-58,60-68,70-75H,3-4,6,8-10,12,14-16,18,20-21,26,29-30,32,34-55H2,1-2H3/b7-5-,13-11-,19-17-,24-22-,25-23-,28-27-,33-31-. The van der Waals surface area contributed by atoms with Crippen LogP contribution in [0, 0.1) is 0 Å². The van der Waals surface area contributed by atoms with Crippen molar-refractivity contribution in [1.82, 2.24) is 0 Å². The van der Waals surface area contributed by atoms with Crippen molar-refractivity contribution in [3.8, 4) is 0 Å². The lowest BCUT2D eigenvalue weighted by atomic mass is 9.98. The molecule has 0 aromatic heterocycles. The summed E-state index contributed by atoms with van der Waals surface area (Å²) in [5.74, 6) is -0.383. The number of carbonyl (C=O) groups excluding carboxylic acids is 1. The highest BCUT2D eigenvalue weighted by Gasteiger charge is 2.47. The van der Waals surface area contributed by atoms with E-state index in [2.05, 4.69) is 98.9 Å². The Labute approximate surface area is 490 Å². The van der Waals surface area contributed by atoms with Gasteiger partial charge in [-0.3, -0.25) is 4.79 Å². The van der Waals surface area contributed by atoms with Crippen LogP contribution in [0.15, 0.2) is 85.1 Å². The van der Waals surface area contributed by atoms with E-state index in [9.17, 15) is 40.5 Å². The van der Waals surface area contributed by atoms with E-state index in [4.69, 9.17) is 28.4 Å². The van der Waals surface area contributed by atoms with Gasteiger partial charge in [0.05, 0.1) is 26.4 Å². The van der Waals surface area contributed by atoms with Crippen molar-refractivity contribution in [3.05, 3.63) is 85.1 Å². The summed E-state index contributed by atoms with van der Waals surface area (Å²) in [5, 5.41) is 72.5. The van der Waals surface area contributed by atoms with Crippen LogP contribution in [0.4, 0.5) is 0 Å². The molecule has 0 aromatic carbocycles. The highest BCUT2D eigenvalue weighted by molar-refractivity contribution is 5.69. The molecule has 14 heteroatoms. The predicted molar refractivity (Wildman–Crippen MR) is 325 cm³/mol. The maximum Gasteiger partial charge on any atom is 0.306 e. The number of ether oxygens (including phenoxy) is 6. The molecule has 0 amide bonds. The first kappa shape index (κ1) is 74.3. The van der Waals surface area contributed by atoms with Gasteiger partial charge in [-0.1, -0.05) is 221 Å². The van der Waals surface area contributed by atoms with Crippen molar-refractivity contribution in [1.29, 1.82) is 0 Å². The molecule has 11 atom stereocenters. The number of rotatable bonds is 52. The fraction of sp³-hybridized carbons (Fsp3) is 0.776. The zero-order valence-corrected chi connectivity index (χ0v) is 50.5. The molecule has 0 bridgehead atoms. The SMILES string of the molecule is CC/C=C\C/C=C\C/C=C\C/C=C\C/C=C\C/C=C\CCCCCCCCCOCC(COC1OC(COC2OC(CO)C(O)C(O)C2O)C(O)C(O)C1O)OC(=O)CCCCCCCCCCC/C=C\CCCCCCCCCC. The van der Waals surface area contributed by atoms with Gasteiger partial charge < -0.3 is 64.2 Å². The second-order valence-corrected chi connectivity index (χ2v) is 22.2. The maximum absolute atomic E-state index is 13.1. The molecule has 468 valence electrons. The molecule has 0 radical (unpaired) electrons. The first-order chi connectivity index (χ1) is 39.6. The van der Waals surface area contributed by atoms with E-state index in [0.29, 0.717) is 13.0 Å². The first-order valence-corrected chi connectivity index (χ1v) is 32.2. The van der Waals surface area contributed by atoms with Crippen LogP contribution in [0.2, 0.25) is 0 Å². The van der Waals surface area contributed by atoms with Gasteiger partial charge in [0.1, 0.15) is 54.9 Å². The van der Waals surface area contributed by atoms with Crippen molar-refractivity contribution < 1.29 is 69.0 Å². The average Bonchev–Trinajstić information content (AvgIpc) is 3.60. The number of hydrogen-bond acceptors (Lipinski definition) is 14. The van der Waals surface area contributed by atoms with Crippen LogP contribution < -0.4 is 0 Å². The minimum absolute atomic E-state index is 0.0492. The van der Waals surface area contributed by atoms with E-state index >= 15 is 0 Å². The second kappa shape index (κ2) is 52.7. The van der Waals surface area contributed by atoms with Crippen LogP contribution in [0.1, 0.15) is 232 Å². The third-order valence-corrected chi connectivity index (χ3v) is 14.9. The van der Waals surface area contributed by atoms with Crippen molar-refractivity contribution in [3.63, 3.8) is 0 Å². The molecule has 2 heterocycles. The molecule has 81 heavy (non-hydrogen) atoms. The zero-order chi connectivity index (χ0) is 58.6. The predicted octanol–water partition coefficient (Wildman–Crippen LogP) is 12.8. The summed E-state index contributed by atoms with van der Waals surface area (Å²) in [5.41, 5.74) is 0.